The molecule has 2 heterocycles. The van der Waals surface area contributed by atoms with E-state index >= 15 is 0 Å². The van der Waals surface area contributed by atoms with Crippen LogP contribution in [0.4, 0.5) is 4.39 Å². The number of hydrogen-bond donors (Lipinski definition) is 0. The van der Waals surface area contributed by atoms with Crippen LogP contribution < -0.4 is 11.1 Å². The Bertz CT molecular complexity index is 1300. The van der Waals surface area contributed by atoms with Gasteiger partial charge in [0.1, 0.15) is 12.4 Å². The van der Waals surface area contributed by atoms with Gasteiger partial charge in [0.2, 0.25) is 11.7 Å². The van der Waals surface area contributed by atoms with Crippen molar-refractivity contribution in [1.29, 1.82) is 0 Å². The molecule has 0 saturated heterocycles. The highest BCUT2D eigenvalue weighted by atomic mass is 19.1. The summed E-state index contributed by atoms with van der Waals surface area (Å²) in [6.07, 6.45) is 3.05. The van der Waals surface area contributed by atoms with Crippen molar-refractivity contribution in [2.45, 2.75) is 20.4 Å². The maximum atomic E-state index is 13.0. The molecule has 0 aliphatic rings. The number of aryl methyl sites for hydroxylation is 2. The van der Waals surface area contributed by atoms with Gasteiger partial charge >= 0.3 is 11.1 Å². The van der Waals surface area contributed by atoms with Crippen LogP contribution in [-0.2, 0) is 6.54 Å². The van der Waals surface area contributed by atoms with Gasteiger partial charge in [0.15, 0.2) is 0 Å². The zero-order valence-corrected chi connectivity index (χ0v) is 15.8. The molecule has 29 heavy (non-hydrogen) atoms. The van der Waals surface area contributed by atoms with Gasteiger partial charge in [-0.2, -0.15) is 4.98 Å². The lowest BCUT2D eigenvalue weighted by Gasteiger charge is -2.11. The third kappa shape index (κ3) is 3.64. The summed E-state index contributed by atoms with van der Waals surface area (Å²) in [5.41, 5.74) is 1.75. The second kappa shape index (κ2) is 7.31. The number of benzene rings is 2. The Balaban J connectivity index is 1.65. The molecule has 7 nitrogen and oxygen atoms in total. The molecule has 0 amide bonds. The van der Waals surface area contributed by atoms with Gasteiger partial charge in [-0.3, -0.25) is 18.7 Å². The highest BCUT2D eigenvalue weighted by molar-refractivity contribution is 5.53. The Morgan fingerprint density at radius 3 is 2.52 bits per heavy atom. The topological polar surface area (TPSA) is 82.9 Å². The van der Waals surface area contributed by atoms with E-state index in [1.165, 1.54) is 39.6 Å². The van der Waals surface area contributed by atoms with Crippen LogP contribution in [0.1, 0.15) is 17.0 Å². The molecule has 0 N–H and O–H groups in total. The van der Waals surface area contributed by atoms with Crippen molar-refractivity contribution in [3.05, 3.63) is 98.4 Å². The SMILES string of the molecule is Cc1ccc(C)c(-n2ccn(Cc3nc(-c4ccc(F)cc4)no3)c(=O)c2=O)c1. The summed E-state index contributed by atoms with van der Waals surface area (Å²) in [6.45, 7) is 3.75. The minimum atomic E-state index is -0.699. The lowest BCUT2D eigenvalue weighted by atomic mass is 10.1. The summed E-state index contributed by atoms with van der Waals surface area (Å²) in [6, 6.07) is 11.3. The van der Waals surface area contributed by atoms with Crippen molar-refractivity contribution < 1.29 is 8.91 Å². The van der Waals surface area contributed by atoms with Gasteiger partial charge in [-0.05, 0) is 55.3 Å². The van der Waals surface area contributed by atoms with E-state index in [4.69, 9.17) is 4.52 Å². The fourth-order valence-electron chi connectivity index (χ4n) is 2.98. The van der Waals surface area contributed by atoms with E-state index in [1.807, 2.05) is 32.0 Å². The molecule has 0 atom stereocenters. The fraction of sp³-hybridized carbons (Fsp3) is 0.143. The Hall–Kier alpha value is -3.81. The summed E-state index contributed by atoms with van der Waals surface area (Å²) < 4.78 is 20.8. The minimum Gasteiger partial charge on any atom is -0.337 e. The van der Waals surface area contributed by atoms with Crippen LogP contribution in [0.25, 0.3) is 17.1 Å². The van der Waals surface area contributed by atoms with Crippen molar-refractivity contribution in [3.8, 4) is 17.1 Å². The van der Waals surface area contributed by atoms with Gasteiger partial charge in [0.25, 0.3) is 0 Å². The number of aromatic nitrogens is 4. The van der Waals surface area contributed by atoms with Gasteiger partial charge in [-0.25, -0.2) is 4.39 Å². The first kappa shape index (κ1) is 18.5. The minimum absolute atomic E-state index is 0.0457. The first-order valence-electron chi connectivity index (χ1n) is 8.90. The average Bonchev–Trinajstić information content (AvgIpc) is 3.17. The zero-order valence-electron chi connectivity index (χ0n) is 15.8. The van der Waals surface area contributed by atoms with E-state index in [2.05, 4.69) is 10.1 Å². The van der Waals surface area contributed by atoms with Gasteiger partial charge in [0.05, 0.1) is 5.69 Å². The monoisotopic (exact) mass is 392 g/mol. The number of hydrogen-bond acceptors (Lipinski definition) is 5. The van der Waals surface area contributed by atoms with Crippen molar-refractivity contribution in [2.75, 3.05) is 0 Å². The molecule has 146 valence electrons. The van der Waals surface area contributed by atoms with Crippen LogP contribution in [0.3, 0.4) is 0 Å². The van der Waals surface area contributed by atoms with Gasteiger partial charge in [-0.1, -0.05) is 17.3 Å². The standard InChI is InChI=1S/C21H17FN4O3/c1-13-3-4-14(2)17(11-13)26-10-9-25(20(27)21(26)28)12-18-23-19(24-29-18)15-5-7-16(22)8-6-15/h3-11H,12H2,1-2H3. The third-order valence-electron chi connectivity index (χ3n) is 4.56. The van der Waals surface area contributed by atoms with Crippen LogP contribution >= 0.6 is 0 Å². The van der Waals surface area contributed by atoms with Gasteiger partial charge in [-0.15, -0.1) is 0 Å². The highest BCUT2D eigenvalue weighted by Crippen LogP contribution is 2.16. The molecule has 0 fully saturated rings. The Morgan fingerprint density at radius 2 is 1.76 bits per heavy atom. The number of halogens is 1. The van der Waals surface area contributed by atoms with Crippen molar-refractivity contribution in [3.63, 3.8) is 0 Å². The van der Waals surface area contributed by atoms with Crippen LogP contribution in [0, 0.1) is 19.7 Å². The molecule has 8 heteroatoms. The number of rotatable bonds is 4. The van der Waals surface area contributed by atoms with Gasteiger partial charge < -0.3 is 4.52 Å². The third-order valence-corrected chi connectivity index (χ3v) is 4.56. The molecule has 2 aromatic heterocycles. The summed E-state index contributed by atoms with van der Waals surface area (Å²) in [5.74, 6) is 0.0699. The van der Waals surface area contributed by atoms with Crippen LogP contribution in [0.5, 0.6) is 0 Å². The van der Waals surface area contributed by atoms with E-state index in [1.54, 1.807) is 6.20 Å². The fourth-order valence-corrected chi connectivity index (χ4v) is 2.98. The molecule has 2 aromatic carbocycles. The maximum Gasteiger partial charge on any atom is 0.320 e. The quantitative estimate of drug-likeness (QED) is 0.499. The molecule has 0 bridgehead atoms. The summed E-state index contributed by atoms with van der Waals surface area (Å²) in [4.78, 5) is 29.4. The normalized spacial score (nSPS) is 11.0. The largest absolute Gasteiger partial charge is 0.337 e. The van der Waals surface area contributed by atoms with Gasteiger partial charge in [0, 0.05) is 18.0 Å². The average molecular weight is 392 g/mol. The maximum absolute atomic E-state index is 13.0. The Labute approximate surface area is 164 Å². The first-order chi connectivity index (χ1) is 13.9. The molecule has 0 aliphatic carbocycles. The highest BCUT2D eigenvalue weighted by Gasteiger charge is 2.13. The van der Waals surface area contributed by atoms with Crippen LogP contribution in [0.15, 0.2) is 69.0 Å². The first-order valence-corrected chi connectivity index (χ1v) is 8.90. The predicted molar refractivity (Wildman–Crippen MR) is 105 cm³/mol. The van der Waals surface area contributed by atoms with E-state index in [9.17, 15) is 14.0 Å². The van der Waals surface area contributed by atoms with Crippen molar-refractivity contribution in [2.24, 2.45) is 0 Å². The molecule has 0 saturated carbocycles. The molecule has 0 aliphatic heterocycles. The lowest BCUT2D eigenvalue weighted by Crippen LogP contribution is -2.40. The molecular formula is C21H17FN4O3. The molecule has 0 spiro atoms. The molecular weight excluding hydrogens is 375 g/mol. The van der Waals surface area contributed by atoms with E-state index in [0.29, 0.717) is 11.3 Å². The van der Waals surface area contributed by atoms with E-state index in [0.717, 1.165) is 11.1 Å². The van der Waals surface area contributed by atoms with Crippen molar-refractivity contribution in [1.82, 2.24) is 19.3 Å². The Morgan fingerprint density at radius 1 is 1.00 bits per heavy atom. The van der Waals surface area contributed by atoms with E-state index < -0.39 is 11.1 Å². The smallest absolute Gasteiger partial charge is 0.320 e. The Kier molecular flexibility index (Phi) is 4.67. The molecule has 0 unspecified atom stereocenters. The lowest BCUT2D eigenvalue weighted by molar-refractivity contribution is 0.369. The molecule has 0 radical (unpaired) electrons. The second-order valence-electron chi connectivity index (χ2n) is 6.71. The summed E-state index contributed by atoms with van der Waals surface area (Å²) in [7, 11) is 0. The molecule has 4 rings (SSSR count). The summed E-state index contributed by atoms with van der Waals surface area (Å²) >= 11 is 0. The predicted octanol–water partition coefficient (Wildman–Crippen LogP) is 2.85. The summed E-state index contributed by atoms with van der Waals surface area (Å²) in [5, 5.41) is 3.84. The number of nitrogens with zero attached hydrogens (tertiary/aromatic N) is 4. The van der Waals surface area contributed by atoms with E-state index in [-0.39, 0.29) is 24.1 Å². The zero-order chi connectivity index (χ0) is 20.5. The second-order valence-corrected chi connectivity index (χ2v) is 6.71. The van der Waals surface area contributed by atoms with Crippen LogP contribution in [0.2, 0.25) is 0 Å². The van der Waals surface area contributed by atoms with Crippen LogP contribution in [-0.4, -0.2) is 19.3 Å². The molecule has 4 aromatic rings. The van der Waals surface area contributed by atoms with Crippen molar-refractivity contribution >= 4 is 0 Å².